The maximum Gasteiger partial charge on any atom is 0.226 e. The first kappa shape index (κ1) is 22.5. The van der Waals surface area contributed by atoms with Gasteiger partial charge in [0.25, 0.3) is 0 Å². The third-order valence-corrected chi connectivity index (χ3v) is 8.23. The smallest absolute Gasteiger partial charge is 0.226 e. The average molecular weight is 449 g/mol. The number of amides is 2. The Kier molecular flexibility index (Phi) is 6.98. The van der Waals surface area contributed by atoms with Gasteiger partial charge in [0.2, 0.25) is 11.8 Å². The standard InChI is InChI=1S/C22H28N2O4S2/c1-4-22(26)24-16(3)13-17-14-18(5-6-19(17)24)30(27,28)12-9-21(25)23-10-7-20-15(2)8-11-29-20/h5-6,8,11,14,16H,4,7,9-10,12-13H2,1-3H3,(H,23,25)/t16-/m0/s1. The molecule has 0 spiro atoms. The summed E-state index contributed by atoms with van der Waals surface area (Å²) in [5.41, 5.74) is 2.86. The molecule has 1 aliphatic heterocycles. The Morgan fingerprint density at radius 1 is 1.27 bits per heavy atom. The molecule has 6 nitrogen and oxygen atoms in total. The van der Waals surface area contributed by atoms with E-state index in [9.17, 15) is 18.0 Å². The number of nitrogens with zero attached hydrogens (tertiary/aromatic N) is 1. The van der Waals surface area contributed by atoms with Crippen LogP contribution in [-0.2, 0) is 32.3 Å². The van der Waals surface area contributed by atoms with E-state index in [1.807, 2.05) is 32.2 Å². The summed E-state index contributed by atoms with van der Waals surface area (Å²) in [6.45, 7) is 6.31. The van der Waals surface area contributed by atoms with Gasteiger partial charge < -0.3 is 10.2 Å². The van der Waals surface area contributed by atoms with Gasteiger partial charge in [0.1, 0.15) is 0 Å². The van der Waals surface area contributed by atoms with Crippen LogP contribution in [0.2, 0.25) is 0 Å². The highest BCUT2D eigenvalue weighted by Gasteiger charge is 2.31. The molecule has 3 rings (SSSR count). The van der Waals surface area contributed by atoms with Crippen molar-refractivity contribution in [3.8, 4) is 0 Å². The first-order valence-corrected chi connectivity index (χ1v) is 12.7. The summed E-state index contributed by atoms with van der Waals surface area (Å²) in [6, 6.07) is 6.97. The largest absolute Gasteiger partial charge is 0.356 e. The molecule has 1 aliphatic rings. The Morgan fingerprint density at radius 2 is 2.03 bits per heavy atom. The topological polar surface area (TPSA) is 83.6 Å². The van der Waals surface area contributed by atoms with Crippen LogP contribution >= 0.6 is 11.3 Å². The number of hydrogen-bond donors (Lipinski definition) is 1. The van der Waals surface area contributed by atoms with Gasteiger partial charge in [0.15, 0.2) is 9.84 Å². The van der Waals surface area contributed by atoms with Crippen molar-refractivity contribution < 1.29 is 18.0 Å². The molecule has 0 saturated heterocycles. The average Bonchev–Trinajstić information content (AvgIpc) is 3.27. The van der Waals surface area contributed by atoms with Crippen molar-refractivity contribution >= 4 is 38.7 Å². The van der Waals surface area contributed by atoms with Crippen LogP contribution in [0.25, 0.3) is 0 Å². The number of nitrogens with one attached hydrogen (secondary N) is 1. The SMILES string of the molecule is CCC(=O)N1c2ccc(S(=O)(=O)CCC(=O)NCCc3sccc3C)cc2C[C@@H]1C. The first-order valence-electron chi connectivity index (χ1n) is 10.2. The summed E-state index contributed by atoms with van der Waals surface area (Å²) in [4.78, 5) is 27.5. The van der Waals surface area contributed by atoms with Crippen LogP contribution in [0.15, 0.2) is 34.5 Å². The number of sulfone groups is 1. The molecule has 0 radical (unpaired) electrons. The van der Waals surface area contributed by atoms with Crippen molar-refractivity contribution in [2.24, 2.45) is 0 Å². The van der Waals surface area contributed by atoms with Crippen molar-refractivity contribution in [1.82, 2.24) is 5.32 Å². The minimum atomic E-state index is -3.57. The van der Waals surface area contributed by atoms with E-state index in [1.165, 1.54) is 10.4 Å². The Balaban J connectivity index is 1.58. The zero-order valence-corrected chi connectivity index (χ0v) is 19.2. The molecule has 2 heterocycles. The van der Waals surface area contributed by atoms with Gasteiger partial charge in [-0.15, -0.1) is 11.3 Å². The number of hydrogen-bond acceptors (Lipinski definition) is 5. The minimum Gasteiger partial charge on any atom is -0.356 e. The summed E-state index contributed by atoms with van der Waals surface area (Å²) >= 11 is 1.66. The van der Waals surface area contributed by atoms with E-state index < -0.39 is 9.84 Å². The molecule has 1 N–H and O–H groups in total. The second-order valence-corrected chi connectivity index (χ2v) is 10.8. The van der Waals surface area contributed by atoms with Crippen LogP contribution in [0.3, 0.4) is 0 Å². The third-order valence-electron chi connectivity index (χ3n) is 5.44. The zero-order chi connectivity index (χ0) is 21.9. The lowest BCUT2D eigenvalue weighted by Crippen LogP contribution is -2.35. The van der Waals surface area contributed by atoms with Gasteiger partial charge in [0, 0.05) is 36.0 Å². The van der Waals surface area contributed by atoms with E-state index in [0.29, 0.717) is 19.4 Å². The van der Waals surface area contributed by atoms with E-state index in [4.69, 9.17) is 0 Å². The van der Waals surface area contributed by atoms with E-state index >= 15 is 0 Å². The van der Waals surface area contributed by atoms with Crippen LogP contribution in [0.1, 0.15) is 42.7 Å². The highest BCUT2D eigenvalue weighted by molar-refractivity contribution is 7.91. The van der Waals surface area contributed by atoms with Crippen LogP contribution in [0.4, 0.5) is 5.69 Å². The lowest BCUT2D eigenvalue weighted by Gasteiger charge is -2.22. The van der Waals surface area contributed by atoms with Crippen molar-refractivity contribution in [3.63, 3.8) is 0 Å². The normalized spacial score (nSPS) is 15.8. The van der Waals surface area contributed by atoms with Gasteiger partial charge in [-0.1, -0.05) is 6.92 Å². The molecule has 0 bridgehead atoms. The van der Waals surface area contributed by atoms with Crippen LogP contribution in [-0.4, -0.2) is 38.6 Å². The van der Waals surface area contributed by atoms with E-state index in [0.717, 1.165) is 17.7 Å². The van der Waals surface area contributed by atoms with Gasteiger partial charge >= 0.3 is 0 Å². The number of thiophene rings is 1. The molecule has 1 aromatic heterocycles. The van der Waals surface area contributed by atoms with Crippen LogP contribution in [0, 0.1) is 6.92 Å². The van der Waals surface area contributed by atoms with E-state index in [2.05, 4.69) is 5.32 Å². The van der Waals surface area contributed by atoms with Gasteiger partial charge in [-0.2, -0.15) is 0 Å². The number of anilines is 1. The quantitative estimate of drug-likeness (QED) is 0.672. The molecule has 0 aliphatic carbocycles. The number of rotatable bonds is 8. The number of aryl methyl sites for hydroxylation is 1. The molecule has 0 fully saturated rings. The predicted octanol–water partition coefficient (Wildman–Crippen LogP) is 3.27. The Morgan fingerprint density at radius 3 is 2.70 bits per heavy atom. The second kappa shape index (κ2) is 9.31. The molecular formula is C22H28N2O4S2. The predicted molar refractivity (Wildman–Crippen MR) is 120 cm³/mol. The van der Waals surface area contributed by atoms with E-state index in [-0.39, 0.29) is 34.9 Å². The molecule has 1 aromatic carbocycles. The highest BCUT2D eigenvalue weighted by atomic mass is 32.2. The van der Waals surface area contributed by atoms with Crippen molar-refractivity contribution in [1.29, 1.82) is 0 Å². The van der Waals surface area contributed by atoms with Gasteiger partial charge in [0.05, 0.1) is 10.6 Å². The Bertz CT molecular complexity index is 1040. The Labute approximate surface area is 182 Å². The second-order valence-electron chi connectivity index (χ2n) is 7.66. The molecule has 2 amide bonds. The summed E-state index contributed by atoms with van der Waals surface area (Å²) in [7, 11) is -3.57. The molecule has 0 unspecified atom stereocenters. The Hall–Kier alpha value is -2.19. The number of carbonyl (C=O) groups is 2. The maximum absolute atomic E-state index is 12.7. The van der Waals surface area contributed by atoms with Gasteiger partial charge in [-0.3, -0.25) is 9.59 Å². The van der Waals surface area contributed by atoms with Crippen molar-refractivity contribution in [2.75, 3.05) is 17.2 Å². The number of fused-ring (bicyclic) bond motifs is 1. The summed E-state index contributed by atoms with van der Waals surface area (Å²) in [5, 5.41) is 4.83. The van der Waals surface area contributed by atoms with Gasteiger partial charge in [-0.05, 0) is 67.5 Å². The molecular weight excluding hydrogens is 420 g/mol. The lowest BCUT2D eigenvalue weighted by molar-refractivity contribution is -0.120. The van der Waals surface area contributed by atoms with Crippen molar-refractivity contribution in [2.45, 2.75) is 57.4 Å². The third kappa shape index (κ3) is 4.92. The molecule has 1 atom stereocenters. The fraction of sp³-hybridized carbons (Fsp3) is 0.455. The fourth-order valence-electron chi connectivity index (χ4n) is 3.76. The summed E-state index contributed by atoms with van der Waals surface area (Å²) < 4.78 is 25.5. The zero-order valence-electron chi connectivity index (χ0n) is 17.6. The molecule has 0 saturated carbocycles. The van der Waals surface area contributed by atoms with Gasteiger partial charge in [-0.25, -0.2) is 8.42 Å². The van der Waals surface area contributed by atoms with Crippen molar-refractivity contribution in [3.05, 3.63) is 45.6 Å². The number of carbonyl (C=O) groups excluding carboxylic acids is 2. The summed E-state index contributed by atoms with van der Waals surface area (Å²) in [6.07, 6.45) is 1.72. The van der Waals surface area contributed by atoms with E-state index in [1.54, 1.807) is 34.4 Å². The lowest BCUT2D eigenvalue weighted by atomic mass is 10.1. The minimum absolute atomic E-state index is 0.0168. The molecule has 162 valence electrons. The highest BCUT2D eigenvalue weighted by Crippen LogP contribution is 2.34. The molecule has 8 heteroatoms. The fourth-order valence-corrected chi connectivity index (χ4v) is 5.96. The molecule has 2 aromatic rings. The van der Waals surface area contributed by atoms with Crippen LogP contribution in [0.5, 0.6) is 0 Å². The number of benzene rings is 1. The van der Waals surface area contributed by atoms with Crippen LogP contribution < -0.4 is 10.2 Å². The monoisotopic (exact) mass is 448 g/mol. The maximum atomic E-state index is 12.7. The summed E-state index contributed by atoms with van der Waals surface area (Å²) in [5.74, 6) is -0.462. The molecule has 30 heavy (non-hydrogen) atoms. The first-order chi connectivity index (χ1) is 14.2.